The Morgan fingerprint density at radius 1 is 1.20 bits per heavy atom. The number of methoxy groups -OCH3 is 1. The lowest BCUT2D eigenvalue weighted by molar-refractivity contribution is -0.122. The molecule has 1 heterocycles. The summed E-state index contributed by atoms with van der Waals surface area (Å²) in [5.41, 5.74) is 1.55. The molecular weight excluding hydrogens is 447 g/mol. The molecule has 30 heavy (non-hydrogen) atoms. The second kappa shape index (κ2) is 9.04. The Morgan fingerprint density at radius 3 is 2.60 bits per heavy atom. The molecule has 0 aliphatic carbocycles. The second-order valence-corrected chi connectivity index (χ2v) is 7.51. The van der Waals surface area contributed by atoms with Crippen molar-refractivity contribution < 1.29 is 19.1 Å². The van der Waals surface area contributed by atoms with Crippen LogP contribution in [0.2, 0.25) is 10.0 Å². The summed E-state index contributed by atoms with van der Waals surface area (Å²) in [6.45, 7) is 3.98. The van der Waals surface area contributed by atoms with E-state index in [-0.39, 0.29) is 15.7 Å². The molecule has 0 unspecified atom stereocenters. The lowest BCUT2D eigenvalue weighted by Crippen LogP contribution is -2.54. The van der Waals surface area contributed by atoms with Crippen LogP contribution >= 0.6 is 35.4 Å². The van der Waals surface area contributed by atoms with Gasteiger partial charge in [-0.15, -0.1) is 0 Å². The third-order valence-electron chi connectivity index (χ3n) is 4.43. The van der Waals surface area contributed by atoms with E-state index >= 15 is 0 Å². The van der Waals surface area contributed by atoms with E-state index in [0.29, 0.717) is 39.9 Å². The summed E-state index contributed by atoms with van der Waals surface area (Å²) in [6.07, 6.45) is 1.43. The maximum atomic E-state index is 13.2. The minimum absolute atomic E-state index is 0.0183. The van der Waals surface area contributed by atoms with Crippen molar-refractivity contribution in [2.45, 2.75) is 13.8 Å². The van der Waals surface area contributed by atoms with Gasteiger partial charge in [-0.25, -0.2) is 0 Å². The molecule has 1 fully saturated rings. The SMILES string of the molecule is CCOc1cc(/C=C2\C(=O)NC(=S)N(c3cccc(Cl)c3C)C2=O)cc(Cl)c1OC. The van der Waals surface area contributed by atoms with Crippen LogP contribution in [0.4, 0.5) is 5.69 Å². The Balaban J connectivity index is 2.08. The van der Waals surface area contributed by atoms with Gasteiger partial charge >= 0.3 is 0 Å². The molecule has 156 valence electrons. The number of nitrogens with zero attached hydrogens (tertiary/aromatic N) is 1. The number of benzene rings is 2. The van der Waals surface area contributed by atoms with E-state index in [2.05, 4.69) is 5.32 Å². The number of anilines is 1. The third-order valence-corrected chi connectivity index (χ3v) is 5.40. The number of rotatable bonds is 5. The molecule has 9 heteroatoms. The minimum atomic E-state index is -0.606. The van der Waals surface area contributed by atoms with Crippen LogP contribution in [-0.2, 0) is 9.59 Å². The van der Waals surface area contributed by atoms with Crippen LogP contribution in [0, 0.1) is 6.92 Å². The summed E-state index contributed by atoms with van der Waals surface area (Å²) >= 11 is 17.7. The van der Waals surface area contributed by atoms with E-state index in [0.717, 1.165) is 0 Å². The molecule has 0 atom stereocenters. The number of ether oxygens (including phenoxy) is 2. The lowest BCUT2D eigenvalue weighted by atomic mass is 10.1. The smallest absolute Gasteiger partial charge is 0.270 e. The maximum Gasteiger partial charge on any atom is 0.270 e. The van der Waals surface area contributed by atoms with Crippen LogP contribution in [-0.4, -0.2) is 30.6 Å². The van der Waals surface area contributed by atoms with Crippen LogP contribution in [0.25, 0.3) is 6.08 Å². The number of hydrogen-bond acceptors (Lipinski definition) is 5. The fraction of sp³-hybridized carbons (Fsp3) is 0.190. The number of carbonyl (C=O) groups excluding carboxylic acids is 2. The Labute approximate surface area is 189 Å². The Morgan fingerprint density at radius 2 is 1.93 bits per heavy atom. The Hall–Kier alpha value is -2.61. The molecule has 2 aromatic rings. The molecule has 1 saturated heterocycles. The van der Waals surface area contributed by atoms with Crippen LogP contribution < -0.4 is 19.7 Å². The van der Waals surface area contributed by atoms with Crippen molar-refractivity contribution in [2.24, 2.45) is 0 Å². The highest BCUT2D eigenvalue weighted by Crippen LogP contribution is 2.37. The standard InChI is InChI=1S/C21H18Cl2N2O4S/c1-4-29-17-10-12(9-15(23)18(17)28-3)8-13-19(26)24-21(30)25(20(13)27)16-7-5-6-14(22)11(16)2/h5-10H,4H2,1-3H3,(H,24,26,30)/b13-8+. The first-order chi connectivity index (χ1) is 14.3. The number of carbonyl (C=O) groups is 2. The predicted octanol–water partition coefficient (Wildman–Crippen LogP) is 4.54. The van der Waals surface area contributed by atoms with Crippen molar-refractivity contribution in [1.82, 2.24) is 5.32 Å². The topological polar surface area (TPSA) is 67.9 Å². The average molecular weight is 465 g/mol. The van der Waals surface area contributed by atoms with Gasteiger partial charge in [-0.1, -0.05) is 29.3 Å². The van der Waals surface area contributed by atoms with Crippen LogP contribution in [0.3, 0.4) is 0 Å². The highest BCUT2D eigenvalue weighted by atomic mass is 35.5. The molecule has 0 bridgehead atoms. The van der Waals surface area contributed by atoms with Gasteiger partial charge in [0.15, 0.2) is 16.6 Å². The van der Waals surface area contributed by atoms with E-state index in [4.69, 9.17) is 44.9 Å². The molecule has 2 aromatic carbocycles. The molecular formula is C21H18Cl2N2O4S. The first-order valence-electron chi connectivity index (χ1n) is 8.95. The zero-order valence-corrected chi connectivity index (χ0v) is 18.7. The molecule has 1 aliphatic rings. The number of halogens is 2. The van der Waals surface area contributed by atoms with Gasteiger partial charge in [-0.2, -0.15) is 0 Å². The predicted molar refractivity (Wildman–Crippen MR) is 122 cm³/mol. The summed E-state index contributed by atoms with van der Waals surface area (Å²) in [7, 11) is 1.48. The number of nitrogens with one attached hydrogen (secondary N) is 1. The van der Waals surface area contributed by atoms with Crippen molar-refractivity contribution in [1.29, 1.82) is 0 Å². The molecule has 3 rings (SSSR count). The highest BCUT2D eigenvalue weighted by molar-refractivity contribution is 7.80. The Bertz CT molecular complexity index is 1080. The number of thiocarbonyl (C=S) groups is 1. The van der Waals surface area contributed by atoms with Crippen molar-refractivity contribution in [3.63, 3.8) is 0 Å². The van der Waals surface area contributed by atoms with E-state index in [9.17, 15) is 9.59 Å². The largest absolute Gasteiger partial charge is 0.491 e. The zero-order chi connectivity index (χ0) is 22.0. The van der Waals surface area contributed by atoms with Gasteiger partial charge in [0.25, 0.3) is 11.8 Å². The van der Waals surface area contributed by atoms with Gasteiger partial charge in [0.1, 0.15) is 5.57 Å². The fourth-order valence-electron chi connectivity index (χ4n) is 3.01. The first kappa shape index (κ1) is 22.1. The maximum absolute atomic E-state index is 13.2. The first-order valence-corrected chi connectivity index (χ1v) is 10.1. The monoisotopic (exact) mass is 464 g/mol. The van der Waals surface area contributed by atoms with Gasteiger partial charge < -0.3 is 9.47 Å². The van der Waals surface area contributed by atoms with Crippen molar-refractivity contribution in [3.05, 3.63) is 57.1 Å². The number of amides is 2. The molecule has 0 aromatic heterocycles. The summed E-state index contributed by atoms with van der Waals surface area (Å²) in [4.78, 5) is 27.0. The van der Waals surface area contributed by atoms with Crippen molar-refractivity contribution in [2.75, 3.05) is 18.6 Å². The molecule has 1 aliphatic heterocycles. The summed E-state index contributed by atoms with van der Waals surface area (Å²) in [5, 5.41) is 3.30. The molecule has 2 amide bonds. The molecule has 6 nitrogen and oxygen atoms in total. The van der Waals surface area contributed by atoms with Crippen LogP contribution in [0.5, 0.6) is 11.5 Å². The van der Waals surface area contributed by atoms with E-state index in [1.165, 1.54) is 18.1 Å². The van der Waals surface area contributed by atoms with Crippen LogP contribution in [0.1, 0.15) is 18.1 Å². The van der Waals surface area contributed by atoms with Gasteiger partial charge in [0.2, 0.25) is 0 Å². The van der Waals surface area contributed by atoms with Crippen LogP contribution in [0.15, 0.2) is 35.9 Å². The lowest BCUT2D eigenvalue weighted by Gasteiger charge is -2.30. The van der Waals surface area contributed by atoms with Crippen molar-refractivity contribution >= 4 is 64.1 Å². The summed E-state index contributed by atoms with van der Waals surface area (Å²) in [6, 6.07) is 8.35. The normalized spacial score (nSPS) is 15.4. The van der Waals surface area contributed by atoms with Gasteiger partial charge in [0.05, 0.1) is 24.4 Å². The number of hydrogen-bond donors (Lipinski definition) is 1. The zero-order valence-electron chi connectivity index (χ0n) is 16.4. The molecule has 1 N–H and O–H groups in total. The van der Waals surface area contributed by atoms with Gasteiger partial charge in [0, 0.05) is 5.02 Å². The quantitative estimate of drug-likeness (QED) is 0.399. The molecule has 0 spiro atoms. The third kappa shape index (κ3) is 4.14. The van der Waals surface area contributed by atoms with E-state index < -0.39 is 11.8 Å². The van der Waals surface area contributed by atoms with E-state index in [1.54, 1.807) is 37.3 Å². The highest BCUT2D eigenvalue weighted by Gasteiger charge is 2.35. The average Bonchev–Trinajstić information content (AvgIpc) is 2.68. The van der Waals surface area contributed by atoms with Gasteiger partial charge in [-0.05, 0) is 67.5 Å². The van der Waals surface area contributed by atoms with Gasteiger partial charge in [-0.3, -0.25) is 19.8 Å². The summed E-state index contributed by atoms with van der Waals surface area (Å²) < 4.78 is 10.8. The molecule has 0 saturated carbocycles. The van der Waals surface area contributed by atoms with E-state index in [1.807, 2.05) is 6.92 Å². The van der Waals surface area contributed by atoms with Crippen molar-refractivity contribution in [3.8, 4) is 11.5 Å². The minimum Gasteiger partial charge on any atom is -0.491 e. The second-order valence-electron chi connectivity index (χ2n) is 6.31. The molecule has 0 radical (unpaired) electrons. The fourth-order valence-corrected chi connectivity index (χ4v) is 3.75. The summed E-state index contributed by atoms with van der Waals surface area (Å²) in [5.74, 6) is -0.400. The Kier molecular flexibility index (Phi) is 6.65.